The van der Waals surface area contributed by atoms with E-state index >= 15 is 0 Å². The van der Waals surface area contributed by atoms with E-state index in [1.807, 2.05) is 4.57 Å². The molecule has 1 unspecified atom stereocenters. The van der Waals surface area contributed by atoms with Crippen molar-refractivity contribution in [3.63, 3.8) is 0 Å². The summed E-state index contributed by atoms with van der Waals surface area (Å²) in [7, 11) is 1.68. The number of methoxy groups -OCH3 is 1. The number of aromatic nitrogens is 2. The van der Waals surface area contributed by atoms with Gasteiger partial charge in [0.25, 0.3) is 0 Å². The van der Waals surface area contributed by atoms with Gasteiger partial charge in [-0.2, -0.15) is 0 Å². The van der Waals surface area contributed by atoms with Gasteiger partial charge < -0.3 is 19.0 Å². The van der Waals surface area contributed by atoms with Gasteiger partial charge in [-0.15, -0.1) is 0 Å². The highest BCUT2D eigenvalue weighted by Gasteiger charge is 2.36. The first-order valence-corrected chi connectivity index (χ1v) is 7.45. The van der Waals surface area contributed by atoms with Crippen LogP contribution in [0.3, 0.4) is 0 Å². The first-order chi connectivity index (χ1) is 9.54. The van der Waals surface area contributed by atoms with Crippen molar-refractivity contribution >= 4 is 39.2 Å². The van der Waals surface area contributed by atoms with Gasteiger partial charge >= 0.3 is 0 Å². The third kappa shape index (κ3) is 2.32. The van der Waals surface area contributed by atoms with Gasteiger partial charge in [0.2, 0.25) is 0 Å². The lowest BCUT2D eigenvalue weighted by molar-refractivity contribution is -0.0290. The number of ether oxygens (including phenoxy) is 2. The standard InChI is InChI=1S/C13H14BrFN2O2S/c1-18-13(2-3-19-7-13)6-17-11-4-8(14)9(15)5-10(11)16-12(17)20/h4-5H,2-3,6-7H2,1H3,(H,16,20). The Morgan fingerprint density at radius 1 is 1.60 bits per heavy atom. The highest BCUT2D eigenvalue weighted by Crippen LogP contribution is 2.28. The van der Waals surface area contributed by atoms with Crippen molar-refractivity contribution in [3.8, 4) is 0 Å². The molecule has 2 heterocycles. The molecule has 1 N–H and O–H groups in total. The molecule has 0 radical (unpaired) electrons. The van der Waals surface area contributed by atoms with Crippen LogP contribution in [-0.2, 0) is 16.0 Å². The predicted molar refractivity (Wildman–Crippen MR) is 80.0 cm³/mol. The highest BCUT2D eigenvalue weighted by atomic mass is 79.9. The Balaban J connectivity index is 2.09. The van der Waals surface area contributed by atoms with Gasteiger partial charge in [-0.1, -0.05) is 0 Å². The maximum Gasteiger partial charge on any atom is 0.178 e. The Kier molecular flexibility index (Phi) is 3.70. The number of rotatable bonds is 3. The van der Waals surface area contributed by atoms with Crippen LogP contribution in [0.2, 0.25) is 0 Å². The summed E-state index contributed by atoms with van der Waals surface area (Å²) in [4.78, 5) is 3.03. The van der Waals surface area contributed by atoms with E-state index in [9.17, 15) is 4.39 Å². The van der Waals surface area contributed by atoms with E-state index in [0.717, 1.165) is 11.9 Å². The van der Waals surface area contributed by atoms with Crippen molar-refractivity contribution in [2.24, 2.45) is 0 Å². The molecule has 3 rings (SSSR count). The Hall–Kier alpha value is -0.760. The normalized spacial score (nSPS) is 22.8. The average molecular weight is 361 g/mol. The summed E-state index contributed by atoms with van der Waals surface area (Å²) in [6, 6.07) is 3.17. The lowest BCUT2D eigenvalue weighted by Crippen LogP contribution is -2.37. The van der Waals surface area contributed by atoms with Crippen molar-refractivity contribution in [2.75, 3.05) is 20.3 Å². The molecule has 108 valence electrons. The number of fused-ring (bicyclic) bond motifs is 1. The van der Waals surface area contributed by atoms with Crippen LogP contribution in [-0.4, -0.2) is 35.5 Å². The van der Waals surface area contributed by atoms with Gasteiger partial charge in [0.05, 0.1) is 28.7 Å². The number of aromatic amines is 1. The van der Waals surface area contributed by atoms with Crippen LogP contribution in [0.25, 0.3) is 11.0 Å². The van der Waals surface area contributed by atoms with Crippen LogP contribution in [0.15, 0.2) is 16.6 Å². The summed E-state index contributed by atoms with van der Waals surface area (Å²) in [5, 5.41) is 0. The van der Waals surface area contributed by atoms with Crippen LogP contribution in [0.4, 0.5) is 4.39 Å². The largest absolute Gasteiger partial charge is 0.378 e. The van der Waals surface area contributed by atoms with Crippen LogP contribution >= 0.6 is 28.1 Å². The van der Waals surface area contributed by atoms with Gasteiger partial charge in [-0.3, -0.25) is 0 Å². The summed E-state index contributed by atoms with van der Waals surface area (Å²) < 4.78 is 27.6. The molecule has 0 saturated carbocycles. The second-order valence-corrected chi connectivity index (χ2v) is 6.23. The summed E-state index contributed by atoms with van der Waals surface area (Å²) in [6.45, 7) is 1.81. The lowest BCUT2D eigenvalue weighted by Gasteiger charge is -2.26. The minimum Gasteiger partial charge on any atom is -0.378 e. The lowest BCUT2D eigenvalue weighted by atomic mass is 10.0. The molecule has 1 saturated heterocycles. The van der Waals surface area contributed by atoms with Crippen LogP contribution in [0.5, 0.6) is 0 Å². The fourth-order valence-electron chi connectivity index (χ4n) is 2.54. The highest BCUT2D eigenvalue weighted by molar-refractivity contribution is 9.10. The zero-order valence-corrected chi connectivity index (χ0v) is 13.3. The third-order valence-corrected chi connectivity index (χ3v) is 4.69. The number of hydrogen-bond donors (Lipinski definition) is 1. The minimum absolute atomic E-state index is 0.313. The second-order valence-electron chi connectivity index (χ2n) is 4.99. The van der Waals surface area contributed by atoms with E-state index in [1.165, 1.54) is 6.07 Å². The van der Waals surface area contributed by atoms with Crippen molar-refractivity contribution in [2.45, 2.75) is 18.6 Å². The molecular weight excluding hydrogens is 347 g/mol. The number of hydrogen-bond acceptors (Lipinski definition) is 3. The zero-order chi connectivity index (χ0) is 14.3. The molecular formula is C13H14BrFN2O2S. The fraction of sp³-hybridized carbons (Fsp3) is 0.462. The van der Waals surface area contributed by atoms with Crippen molar-refractivity contribution in [1.29, 1.82) is 0 Å². The fourth-order valence-corrected chi connectivity index (χ4v) is 3.14. The van der Waals surface area contributed by atoms with Crippen LogP contribution in [0, 0.1) is 10.6 Å². The Labute approximate surface area is 129 Å². The molecule has 20 heavy (non-hydrogen) atoms. The van der Waals surface area contributed by atoms with Gasteiger partial charge in [0.15, 0.2) is 4.77 Å². The summed E-state index contributed by atoms with van der Waals surface area (Å²) in [5.74, 6) is -0.313. The first kappa shape index (κ1) is 14.2. The first-order valence-electron chi connectivity index (χ1n) is 6.25. The van der Waals surface area contributed by atoms with E-state index in [-0.39, 0.29) is 11.4 Å². The molecule has 0 spiro atoms. The minimum atomic E-state index is -0.367. The smallest absolute Gasteiger partial charge is 0.178 e. The quantitative estimate of drug-likeness (QED) is 0.852. The number of nitrogens with one attached hydrogen (secondary N) is 1. The number of halogens is 2. The predicted octanol–water partition coefficient (Wildman–Crippen LogP) is 3.41. The van der Waals surface area contributed by atoms with Crippen molar-refractivity contribution in [1.82, 2.24) is 9.55 Å². The Morgan fingerprint density at radius 2 is 2.40 bits per heavy atom. The Bertz CT molecular complexity index is 706. The molecule has 1 atom stereocenters. The number of imidazole rings is 1. The monoisotopic (exact) mass is 360 g/mol. The van der Waals surface area contributed by atoms with Crippen LogP contribution in [0.1, 0.15) is 6.42 Å². The number of nitrogens with zero attached hydrogens (tertiary/aromatic N) is 1. The zero-order valence-electron chi connectivity index (χ0n) is 10.9. The number of benzene rings is 1. The molecule has 1 aromatic carbocycles. The van der Waals surface area contributed by atoms with Gasteiger partial charge in [0.1, 0.15) is 11.4 Å². The molecule has 1 aromatic heterocycles. The molecule has 2 aromatic rings. The molecule has 0 amide bonds. The van der Waals surface area contributed by atoms with E-state index in [0.29, 0.717) is 34.5 Å². The van der Waals surface area contributed by atoms with E-state index in [2.05, 4.69) is 20.9 Å². The summed E-state index contributed by atoms with van der Waals surface area (Å²) in [5.41, 5.74) is 1.17. The molecule has 4 nitrogen and oxygen atoms in total. The molecule has 0 aliphatic carbocycles. The Morgan fingerprint density at radius 3 is 3.05 bits per heavy atom. The maximum absolute atomic E-state index is 13.6. The van der Waals surface area contributed by atoms with Crippen molar-refractivity contribution < 1.29 is 13.9 Å². The van der Waals surface area contributed by atoms with E-state index in [1.54, 1.807) is 13.2 Å². The topological polar surface area (TPSA) is 39.2 Å². The molecule has 1 fully saturated rings. The molecule has 1 aliphatic rings. The van der Waals surface area contributed by atoms with Crippen LogP contribution < -0.4 is 0 Å². The maximum atomic E-state index is 13.6. The SMILES string of the molecule is COC1(Cn2c(=S)[nH]c3cc(F)c(Br)cc32)CCOC1. The second kappa shape index (κ2) is 5.22. The van der Waals surface area contributed by atoms with Crippen molar-refractivity contribution in [3.05, 3.63) is 27.2 Å². The molecule has 0 bridgehead atoms. The molecule has 7 heteroatoms. The number of H-pyrrole nitrogens is 1. The summed E-state index contributed by atoms with van der Waals surface area (Å²) >= 11 is 8.56. The molecule has 1 aliphatic heterocycles. The van der Waals surface area contributed by atoms with E-state index in [4.69, 9.17) is 21.7 Å². The van der Waals surface area contributed by atoms with Gasteiger partial charge in [-0.05, 0) is 34.2 Å². The third-order valence-electron chi connectivity index (χ3n) is 3.76. The van der Waals surface area contributed by atoms with Gasteiger partial charge in [0, 0.05) is 26.2 Å². The van der Waals surface area contributed by atoms with E-state index < -0.39 is 0 Å². The summed E-state index contributed by atoms with van der Waals surface area (Å²) in [6.07, 6.45) is 0.820. The average Bonchev–Trinajstić information content (AvgIpc) is 2.99. The van der Waals surface area contributed by atoms with Gasteiger partial charge in [-0.25, -0.2) is 4.39 Å².